The fraction of sp³-hybridized carbons (Fsp3) is 0.286. The van der Waals surface area contributed by atoms with Crippen LogP contribution in [0, 0.1) is 6.92 Å². The lowest BCUT2D eigenvalue weighted by atomic mass is 10.4. The molecule has 3 nitrogen and oxygen atoms in total. The van der Waals surface area contributed by atoms with E-state index in [9.17, 15) is 0 Å². The number of nitrogen functional groups attached to an aromatic ring is 1. The molecule has 0 amide bonds. The second-order valence-electron chi connectivity index (χ2n) is 2.14. The van der Waals surface area contributed by atoms with E-state index in [0.29, 0.717) is 11.4 Å². The number of hydrogen-bond acceptors (Lipinski definition) is 3. The molecule has 60 valence electrons. The van der Waals surface area contributed by atoms with E-state index in [0.717, 1.165) is 10.2 Å². The van der Waals surface area contributed by atoms with Crippen molar-refractivity contribution < 1.29 is 4.42 Å². The summed E-state index contributed by atoms with van der Waals surface area (Å²) in [5, 5.41) is 0. The Morgan fingerprint density at radius 1 is 1.64 bits per heavy atom. The summed E-state index contributed by atoms with van der Waals surface area (Å²) >= 11 is 3.29. The van der Waals surface area contributed by atoms with Gasteiger partial charge in [0.2, 0.25) is 0 Å². The van der Waals surface area contributed by atoms with Gasteiger partial charge in [-0.05, 0) is 22.9 Å². The van der Waals surface area contributed by atoms with Gasteiger partial charge in [0.1, 0.15) is 5.76 Å². The van der Waals surface area contributed by atoms with Crippen molar-refractivity contribution in [1.29, 1.82) is 0 Å². The summed E-state index contributed by atoms with van der Waals surface area (Å²) in [6.45, 7) is 1.84. The van der Waals surface area contributed by atoms with Crippen molar-refractivity contribution in [2.24, 2.45) is 4.99 Å². The van der Waals surface area contributed by atoms with E-state index >= 15 is 0 Å². The quantitative estimate of drug-likeness (QED) is 0.731. The van der Waals surface area contributed by atoms with Gasteiger partial charge in [0.15, 0.2) is 5.76 Å². The fourth-order valence-corrected chi connectivity index (χ4v) is 1.05. The maximum Gasteiger partial charge on any atom is 0.168 e. The molecular formula is C7H9BrN2O. The highest BCUT2D eigenvalue weighted by molar-refractivity contribution is 9.10. The molecule has 0 radical (unpaired) electrons. The molecule has 0 bridgehead atoms. The summed E-state index contributed by atoms with van der Waals surface area (Å²) in [4.78, 5) is 3.80. The highest BCUT2D eigenvalue weighted by Crippen LogP contribution is 2.28. The Morgan fingerprint density at radius 3 is 2.64 bits per heavy atom. The Balaban J connectivity index is 3.18. The molecular weight excluding hydrogens is 208 g/mol. The number of rotatable bonds is 1. The standard InChI is InChI=1S/C7H9BrN2O/c1-4-6(8)7(9)5(11-4)3-10-2/h3H,9H2,1-2H3. The molecule has 1 aromatic heterocycles. The largest absolute Gasteiger partial charge is 0.457 e. The second kappa shape index (κ2) is 3.09. The highest BCUT2D eigenvalue weighted by atomic mass is 79.9. The summed E-state index contributed by atoms with van der Waals surface area (Å²) in [5.74, 6) is 1.38. The van der Waals surface area contributed by atoms with E-state index in [-0.39, 0.29) is 0 Å². The third kappa shape index (κ3) is 1.45. The number of nitrogens with zero attached hydrogens (tertiary/aromatic N) is 1. The fourth-order valence-electron chi connectivity index (χ4n) is 0.776. The highest BCUT2D eigenvalue weighted by Gasteiger charge is 2.09. The van der Waals surface area contributed by atoms with Crippen LogP contribution in [0.3, 0.4) is 0 Å². The Hall–Kier alpha value is -0.770. The molecule has 0 spiro atoms. The van der Waals surface area contributed by atoms with Crippen molar-refractivity contribution in [2.75, 3.05) is 12.8 Å². The first kappa shape index (κ1) is 8.33. The summed E-state index contributed by atoms with van der Waals surface area (Å²) in [6.07, 6.45) is 1.59. The molecule has 0 saturated carbocycles. The number of halogens is 1. The lowest BCUT2D eigenvalue weighted by molar-refractivity contribution is 0.527. The van der Waals surface area contributed by atoms with Crippen molar-refractivity contribution in [3.63, 3.8) is 0 Å². The van der Waals surface area contributed by atoms with Crippen molar-refractivity contribution in [1.82, 2.24) is 0 Å². The molecule has 0 unspecified atom stereocenters. The Labute approximate surface area is 73.4 Å². The Morgan fingerprint density at radius 2 is 2.27 bits per heavy atom. The van der Waals surface area contributed by atoms with Gasteiger partial charge in [0.05, 0.1) is 16.4 Å². The maximum absolute atomic E-state index is 5.66. The van der Waals surface area contributed by atoms with Crippen LogP contribution in [0.5, 0.6) is 0 Å². The Kier molecular flexibility index (Phi) is 2.34. The molecule has 4 heteroatoms. The number of nitrogens with two attached hydrogens (primary N) is 1. The maximum atomic E-state index is 5.66. The number of hydrogen-bond donors (Lipinski definition) is 1. The molecule has 0 saturated heterocycles. The monoisotopic (exact) mass is 216 g/mol. The number of aryl methyl sites for hydroxylation is 1. The average Bonchev–Trinajstić information content (AvgIpc) is 2.19. The van der Waals surface area contributed by atoms with E-state index in [4.69, 9.17) is 10.2 Å². The normalized spacial score (nSPS) is 11.2. The van der Waals surface area contributed by atoms with Crippen molar-refractivity contribution in [3.05, 3.63) is 16.0 Å². The van der Waals surface area contributed by atoms with Crippen LogP contribution in [0.1, 0.15) is 11.5 Å². The zero-order chi connectivity index (χ0) is 8.43. The summed E-state index contributed by atoms with van der Waals surface area (Å²) in [6, 6.07) is 0. The van der Waals surface area contributed by atoms with Gasteiger partial charge in [-0.1, -0.05) is 0 Å². The lowest BCUT2D eigenvalue weighted by Gasteiger charge is -1.85. The topological polar surface area (TPSA) is 51.5 Å². The SMILES string of the molecule is CN=Cc1oc(C)c(Br)c1N. The van der Waals surface area contributed by atoms with Crippen molar-refractivity contribution >= 4 is 27.8 Å². The summed E-state index contributed by atoms with van der Waals surface area (Å²) < 4.78 is 6.08. The second-order valence-corrected chi connectivity index (χ2v) is 2.93. The first-order valence-corrected chi connectivity index (χ1v) is 3.92. The van der Waals surface area contributed by atoms with Gasteiger partial charge in [-0.25, -0.2) is 0 Å². The molecule has 0 fully saturated rings. The van der Waals surface area contributed by atoms with Gasteiger partial charge in [-0.15, -0.1) is 0 Å². The number of furan rings is 1. The summed E-state index contributed by atoms with van der Waals surface area (Å²) in [5.41, 5.74) is 6.26. The minimum absolute atomic E-state index is 0.605. The minimum atomic E-state index is 0.605. The van der Waals surface area contributed by atoms with Gasteiger partial charge in [0.25, 0.3) is 0 Å². The van der Waals surface area contributed by atoms with Crippen LogP contribution >= 0.6 is 15.9 Å². The zero-order valence-corrected chi connectivity index (χ0v) is 7.97. The summed E-state index contributed by atoms with van der Waals surface area (Å²) in [7, 11) is 1.67. The molecule has 0 aliphatic carbocycles. The predicted molar refractivity (Wildman–Crippen MR) is 49.1 cm³/mol. The van der Waals surface area contributed by atoms with Gasteiger partial charge in [-0.2, -0.15) is 0 Å². The molecule has 2 N–H and O–H groups in total. The minimum Gasteiger partial charge on any atom is -0.457 e. The van der Waals surface area contributed by atoms with Crippen molar-refractivity contribution in [3.8, 4) is 0 Å². The van der Waals surface area contributed by atoms with Crippen LogP contribution in [-0.2, 0) is 0 Å². The predicted octanol–water partition coefficient (Wildman–Crippen LogP) is 1.98. The van der Waals surface area contributed by atoms with Gasteiger partial charge in [-0.3, -0.25) is 4.99 Å². The zero-order valence-electron chi connectivity index (χ0n) is 6.39. The molecule has 11 heavy (non-hydrogen) atoms. The van der Waals surface area contributed by atoms with E-state index < -0.39 is 0 Å². The number of anilines is 1. The third-order valence-electron chi connectivity index (χ3n) is 1.32. The van der Waals surface area contributed by atoms with Gasteiger partial charge >= 0.3 is 0 Å². The van der Waals surface area contributed by atoms with E-state index in [1.165, 1.54) is 0 Å². The molecule has 0 aromatic carbocycles. The average molecular weight is 217 g/mol. The van der Waals surface area contributed by atoms with Crippen LogP contribution in [0.15, 0.2) is 13.9 Å². The Bertz CT molecular complexity index is 291. The number of aliphatic imine (C=N–C) groups is 1. The molecule has 1 heterocycles. The van der Waals surface area contributed by atoms with Crippen LogP contribution in [0.4, 0.5) is 5.69 Å². The van der Waals surface area contributed by atoms with E-state index in [2.05, 4.69) is 20.9 Å². The first-order valence-electron chi connectivity index (χ1n) is 3.13. The molecule has 0 aliphatic rings. The third-order valence-corrected chi connectivity index (χ3v) is 2.31. The van der Waals surface area contributed by atoms with Crippen molar-refractivity contribution in [2.45, 2.75) is 6.92 Å². The van der Waals surface area contributed by atoms with Crippen LogP contribution in [0.25, 0.3) is 0 Å². The lowest BCUT2D eigenvalue weighted by Crippen LogP contribution is -1.87. The molecule has 0 atom stereocenters. The van der Waals surface area contributed by atoms with Gasteiger partial charge in [0, 0.05) is 7.05 Å². The van der Waals surface area contributed by atoms with Crippen LogP contribution < -0.4 is 5.73 Å². The molecule has 1 rings (SSSR count). The molecule has 0 aliphatic heterocycles. The first-order chi connectivity index (χ1) is 5.16. The van der Waals surface area contributed by atoms with E-state index in [1.807, 2.05) is 6.92 Å². The smallest absolute Gasteiger partial charge is 0.168 e. The van der Waals surface area contributed by atoms with E-state index in [1.54, 1.807) is 13.3 Å². The molecule has 1 aromatic rings. The van der Waals surface area contributed by atoms with Crippen LogP contribution in [0.2, 0.25) is 0 Å². The van der Waals surface area contributed by atoms with Gasteiger partial charge < -0.3 is 10.2 Å². The van der Waals surface area contributed by atoms with Crippen LogP contribution in [-0.4, -0.2) is 13.3 Å².